The van der Waals surface area contributed by atoms with Crippen LogP contribution in [0.4, 0.5) is 13.2 Å². The highest BCUT2D eigenvalue weighted by atomic mass is 32.3. The second kappa shape index (κ2) is 8.24. The summed E-state index contributed by atoms with van der Waals surface area (Å²) < 4.78 is 91.4. The Morgan fingerprint density at radius 1 is 0.929 bits per heavy atom. The molecule has 0 saturated heterocycles. The number of esters is 2. The SMILES string of the molecule is CC(C)(C)OC(=O)C(C)(CN(S(=O)O)S(=O)(=O)C(F)(F)F)C(=O)OC(C)(C)C. The smallest absolute Gasteiger partial charge is 0.459 e. The fraction of sp³-hybridized carbons (Fsp3) is 0.857. The highest BCUT2D eigenvalue weighted by Crippen LogP contribution is 2.33. The summed E-state index contributed by atoms with van der Waals surface area (Å²) in [5, 5.41) is 0. The van der Waals surface area contributed by atoms with Gasteiger partial charge in [0.1, 0.15) is 11.2 Å². The van der Waals surface area contributed by atoms with Crippen LogP contribution in [0.1, 0.15) is 48.5 Å². The molecule has 0 rings (SSSR count). The summed E-state index contributed by atoms with van der Waals surface area (Å²) in [6.45, 7) is 7.51. The van der Waals surface area contributed by atoms with Gasteiger partial charge in [0, 0.05) is 0 Å². The molecule has 0 fully saturated rings. The molecule has 0 aromatic rings. The molecule has 1 N–H and O–H groups in total. The highest BCUT2D eigenvalue weighted by Gasteiger charge is 2.57. The fourth-order valence-electron chi connectivity index (χ4n) is 1.59. The van der Waals surface area contributed by atoms with Crippen molar-refractivity contribution in [1.29, 1.82) is 0 Å². The van der Waals surface area contributed by atoms with Crippen LogP contribution in [0.5, 0.6) is 0 Å². The van der Waals surface area contributed by atoms with Gasteiger partial charge in [-0.15, -0.1) is 0 Å². The maximum Gasteiger partial charge on any atom is 0.512 e. The molecule has 0 radical (unpaired) electrons. The Hall–Kier alpha value is -1.25. The number of alkyl halides is 3. The van der Waals surface area contributed by atoms with Crippen LogP contribution in [0.3, 0.4) is 0 Å². The van der Waals surface area contributed by atoms with Crippen molar-refractivity contribution in [3.8, 4) is 0 Å². The van der Waals surface area contributed by atoms with Crippen LogP contribution in [-0.4, -0.2) is 56.1 Å². The fourth-order valence-corrected chi connectivity index (χ4v) is 3.54. The van der Waals surface area contributed by atoms with Crippen LogP contribution in [0.25, 0.3) is 0 Å². The first-order valence-electron chi connectivity index (χ1n) is 7.71. The normalized spacial score (nSPS) is 15.3. The van der Waals surface area contributed by atoms with Crippen molar-refractivity contribution in [3.05, 3.63) is 0 Å². The minimum absolute atomic E-state index is 0.765. The van der Waals surface area contributed by atoms with Crippen molar-refractivity contribution in [2.45, 2.75) is 65.2 Å². The van der Waals surface area contributed by atoms with Crippen LogP contribution in [0.2, 0.25) is 0 Å². The van der Waals surface area contributed by atoms with Gasteiger partial charge >= 0.3 is 27.5 Å². The third-order valence-corrected chi connectivity index (χ3v) is 5.58. The van der Waals surface area contributed by atoms with E-state index >= 15 is 0 Å². The third-order valence-electron chi connectivity index (χ3n) is 2.88. The largest absolute Gasteiger partial charge is 0.512 e. The lowest BCUT2D eigenvalue weighted by Crippen LogP contribution is -2.54. The average molecular weight is 455 g/mol. The molecular weight excluding hydrogens is 431 g/mol. The molecule has 0 aliphatic rings. The molecule has 0 amide bonds. The van der Waals surface area contributed by atoms with Gasteiger partial charge in [0.25, 0.3) is 0 Å². The lowest BCUT2D eigenvalue weighted by molar-refractivity contribution is -0.184. The second-order valence-electron chi connectivity index (χ2n) is 7.98. The lowest BCUT2D eigenvalue weighted by Gasteiger charge is -2.34. The Labute approximate surface area is 164 Å². The number of hydrogen-bond acceptors (Lipinski definition) is 7. The van der Waals surface area contributed by atoms with Gasteiger partial charge in [-0.05, 0) is 48.5 Å². The van der Waals surface area contributed by atoms with Crippen molar-refractivity contribution in [2.24, 2.45) is 5.41 Å². The summed E-state index contributed by atoms with van der Waals surface area (Å²) in [5.74, 6) is -2.86. The predicted molar refractivity (Wildman–Crippen MR) is 92.2 cm³/mol. The van der Waals surface area contributed by atoms with Crippen LogP contribution in [0, 0.1) is 5.41 Å². The van der Waals surface area contributed by atoms with Gasteiger partial charge in [-0.2, -0.15) is 13.2 Å². The number of sulfonamides is 1. The Kier molecular flexibility index (Phi) is 7.87. The Morgan fingerprint density at radius 3 is 1.46 bits per heavy atom. The minimum Gasteiger partial charge on any atom is -0.459 e. The first-order valence-corrected chi connectivity index (χ1v) is 10.2. The van der Waals surface area contributed by atoms with Crippen LogP contribution in [-0.2, 0) is 40.4 Å². The van der Waals surface area contributed by atoms with Crippen LogP contribution in [0.15, 0.2) is 0 Å². The first kappa shape index (κ1) is 26.8. The van der Waals surface area contributed by atoms with E-state index in [1.54, 1.807) is 0 Å². The van der Waals surface area contributed by atoms with E-state index in [9.17, 15) is 35.4 Å². The number of carbonyl (C=O) groups excluding carboxylic acids is 2. The van der Waals surface area contributed by atoms with Gasteiger partial charge in [-0.3, -0.25) is 14.1 Å². The maximum atomic E-state index is 12.9. The number of halogens is 3. The summed E-state index contributed by atoms with van der Waals surface area (Å²) in [6, 6.07) is 0. The molecule has 1 unspecified atom stereocenters. The summed E-state index contributed by atoms with van der Waals surface area (Å²) in [5.41, 5.74) is -11.0. The number of rotatable bonds is 6. The summed E-state index contributed by atoms with van der Waals surface area (Å²) in [4.78, 5) is 25.1. The zero-order valence-electron chi connectivity index (χ0n) is 16.4. The molecule has 1 atom stereocenters. The van der Waals surface area contributed by atoms with Crippen molar-refractivity contribution < 1.29 is 49.4 Å². The molecule has 0 saturated carbocycles. The molecule has 0 aromatic carbocycles. The van der Waals surface area contributed by atoms with Gasteiger partial charge in [-0.25, -0.2) is 12.6 Å². The molecule has 0 heterocycles. The van der Waals surface area contributed by atoms with Gasteiger partial charge in [0.05, 0.1) is 6.54 Å². The number of carbonyl (C=O) groups is 2. The lowest BCUT2D eigenvalue weighted by atomic mass is 9.90. The van der Waals surface area contributed by atoms with E-state index in [1.165, 1.54) is 41.5 Å². The average Bonchev–Trinajstić information content (AvgIpc) is 2.38. The number of hydrogen-bond donors (Lipinski definition) is 1. The zero-order valence-corrected chi connectivity index (χ0v) is 18.0. The maximum absolute atomic E-state index is 12.9. The molecule has 0 aromatic heterocycles. The quantitative estimate of drug-likeness (QED) is 0.366. The second-order valence-corrected chi connectivity index (χ2v) is 11.0. The monoisotopic (exact) mass is 455 g/mol. The topological polar surface area (TPSA) is 127 Å². The molecule has 166 valence electrons. The molecule has 0 spiro atoms. The Balaban J connectivity index is 6.35. The van der Waals surface area contributed by atoms with E-state index in [1.807, 2.05) is 0 Å². The molecule has 28 heavy (non-hydrogen) atoms. The first-order chi connectivity index (χ1) is 12.0. The van der Waals surface area contributed by atoms with E-state index in [2.05, 4.69) is 0 Å². The van der Waals surface area contributed by atoms with E-state index in [-0.39, 0.29) is 0 Å². The third kappa shape index (κ3) is 6.97. The number of ether oxygens (including phenoxy) is 2. The van der Waals surface area contributed by atoms with Gasteiger partial charge < -0.3 is 9.47 Å². The summed E-state index contributed by atoms with van der Waals surface area (Å²) in [6.07, 6.45) is 0. The molecule has 0 aliphatic heterocycles. The van der Waals surface area contributed by atoms with Crippen molar-refractivity contribution in [2.75, 3.05) is 6.54 Å². The van der Waals surface area contributed by atoms with E-state index in [0.29, 0.717) is 0 Å². The minimum atomic E-state index is -6.36. The van der Waals surface area contributed by atoms with Crippen LogP contribution >= 0.6 is 0 Å². The van der Waals surface area contributed by atoms with Crippen molar-refractivity contribution in [1.82, 2.24) is 3.71 Å². The summed E-state index contributed by atoms with van der Waals surface area (Å²) in [7, 11) is -6.36. The van der Waals surface area contributed by atoms with Crippen molar-refractivity contribution >= 4 is 33.2 Å². The van der Waals surface area contributed by atoms with Crippen molar-refractivity contribution in [3.63, 3.8) is 0 Å². The molecule has 0 aliphatic carbocycles. The molecule has 0 bridgehead atoms. The van der Waals surface area contributed by atoms with Gasteiger partial charge in [-0.1, -0.05) is 3.71 Å². The molecular formula is C14H24F3NO8S2. The van der Waals surface area contributed by atoms with E-state index in [0.717, 1.165) is 6.92 Å². The molecule has 14 heteroatoms. The van der Waals surface area contributed by atoms with E-state index < -0.39 is 65.6 Å². The van der Waals surface area contributed by atoms with Gasteiger partial charge in [0.15, 0.2) is 5.41 Å². The molecule has 9 nitrogen and oxygen atoms in total. The Bertz CT molecular complexity index is 707. The van der Waals surface area contributed by atoms with Crippen LogP contribution < -0.4 is 0 Å². The zero-order chi connectivity index (χ0) is 22.9. The summed E-state index contributed by atoms with van der Waals surface area (Å²) >= 11 is -3.74. The number of nitrogens with zero attached hydrogens (tertiary/aromatic N) is 1. The van der Waals surface area contributed by atoms with E-state index in [4.69, 9.17) is 14.0 Å². The Morgan fingerprint density at radius 2 is 1.25 bits per heavy atom. The highest BCUT2D eigenvalue weighted by molar-refractivity contribution is 7.99. The predicted octanol–water partition coefficient (Wildman–Crippen LogP) is 1.96. The standard InChI is InChI=1S/C14H24F3NO8S2/c1-11(2,3)25-9(19)13(7,10(20)26-12(4,5)6)8-18(27(21)22)28(23,24)14(15,16)17/h8H2,1-7H3,(H,21,22). The van der Waals surface area contributed by atoms with Gasteiger partial charge in [0.2, 0.25) is 11.3 Å².